The minimum atomic E-state index is -0.521. The SMILES string of the molecule is CCCCCCCC/C=C\CCCCCCCC(=O)NC(CCCCCC/C=C\CCCCCCCC)C(N)=O. The van der Waals surface area contributed by atoms with E-state index in [1.807, 2.05) is 0 Å². The number of hydrogen-bond acceptors (Lipinski definition) is 2. The third-order valence-electron chi connectivity index (χ3n) is 7.85. The molecular weight excluding hydrogens is 492 g/mol. The fourth-order valence-corrected chi connectivity index (χ4v) is 5.15. The Morgan fingerprint density at radius 2 is 0.875 bits per heavy atom. The second-order valence-electron chi connectivity index (χ2n) is 11.9. The van der Waals surface area contributed by atoms with Crippen molar-refractivity contribution in [3.63, 3.8) is 0 Å². The molecule has 0 radical (unpaired) electrons. The molecule has 0 saturated heterocycles. The zero-order valence-electron chi connectivity index (χ0n) is 26.9. The van der Waals surface area contributed by atoms with Gasteiger partial charge in [-0.05, 0) is 64.2 Å². The number of amides is 2. The van der Waals surface area contributed by atoms with Crippen LogP contribution in [0.25, 0.3) is 0 Å². The van der Waals surface area contributed by atoms with Gasteiger partial charge in [0.25, 0.3) is 0 Å². The summed E-state index contributed by atoms with van der Waals surface area (Å²) in [5.41, 5.74) is 5.56. The molecule has 0 aromatic heterocycles. The molecule has 234 valence electrons. The summed E-state index contributed by atoms with van der Waals surface area (Å²) in [6.45, 7) is 4.53. The van der Waals surface area contributed by atoms with Crippen LogP contribution in [0.4, 0.5) is 0 Å². The lowest BCUT2D eigenvalue weighted by Gasteiger charge is -2.15. The molecule has 0 rings (SSSR count). The van der Waals surface area contributed by atoms with Crippen molar-refractivity contribution in [1.29, 1.82) is 0 Å². The monoisotopic (exact) mass is 561 g/mol. The zero-order chi connectivity index (χ0) is 29.4. The average Bonchev–Trinajstić information content (AvgIpc) is 2.94. The fraction of sp³-hybridized carbons (Fsp3) is 0.833. The lowest BCUT2D eigenvalue weighted by Crippen LogP contribution is -2.44. The minimum Gasteiger partial charge on any atom is -0.368 e. The number of hydrogen-bond donors (Lipinski definition) is 2. The maximum absolute atomic E-state index is 12.3. The highest BCUT2D eigenvalue weighted by Crippen LogP contribution is 2.12. The molecule has 4 heteroatoms. The first-order chi connectivity index (χ1) is 19.6. The van der Waals surface area contributed by atoms with Crippen molar-refractivity contribution in [3.05, 3.63) is 24.3 Å². The molecule has 0 heterocycles. The first-order valence-corrected chi connectivity index (χ1v) is 17.5. The topological polar surface area (TPSA) is 72.2 Å². The summed E-state index contributed by atoms with van der Waals surface area (Å²) in [6, 6.07) is -0.521. The third-order valence-corrected chi connectivity index (χ3v) is 7.85. The Morgan fingerprint density at radius 1 is 0.525 bits per heavy atom. The van der Waals surface area contributed by atoms with Gasteiger partial charge in [0.05, 0.1) is 0 Å². The Bertz CT molecular complexity index is 614. The Hall–Kier alpha value is -1.58. The van der Waals surface area contributed by atoms with Gasteiger partial charge in [0.1, 0.15) is 6.04 Å². The normalized spacial score (nSPS) is 12.4. The molecule has 1 atom stereocenters. The van der Waals surface area contributed by atoms with Gasteiger partial charge in [-0.25, -0.2) is 0 Å². The molecule has 0 aromatic rings. The van der Waals surface area contributed by atoms with Crippen LogP contribution in [-0.2, 0) is 9.59 Å². The van der Waals surface area contributed by atoms with Crippen LogP contribution in [-0.4, -0.2) is 17.9 Å². The largest absolute Gasteiger partial charge is 0.368 e. The highest BCUT2D eigenvalue weighted by Gasteiger charge is 2.17. The second kappa shape index (κ2) is 31.9. The van der Waals surface area contributed by atoms with E-state index in [1.165, 1.54) is 122 Å². The molecule has 0 saturated carbocycles. The van der Waals surface area contributed by atoms with E-state index in [9.17, 15) is 9.59 Å². The van der Waals surface area contributed by atoms with E-state index in [0.717, 1.165) is 38.5 Å². The number of allylic oxidation sites excluding steroid dienone is 4. The molecule has 0 spiro atoms. The summed E-state index contributed by atoms with van der Waals surface area (Å²) in [4.78, 5) is 24.1. The van der Waals surface area contributed by atoms with Crippen molar-refractivity contribution in [3.8, 4) is 0 Å². The number of nitrogens with two attached hydrogens (primary N) is 1. The molecule has 0 aromatic carbocycles. The second-order valence-corrected chi connectivity index (χ2v) is 11.9. The first-order valence-electron chi connectivity index (χ1n) is 17.5. The van der Waals surface area contributed by atoms with Gasteiger partial charge in [0.15, 0.2) is 0 Å². The molecule has 0 aliphatic heterocycles. The van der Waals surface area contributed by atoms with Crippen molar-refractivity contribution in [2.75, 3.05) is 0 Å². The van der Waals surface area contributed by atoms with Gasteiger partial charge >= 0.3 is 0 Å². The number of carbonyl (C=O) groups is 2. The fourth-order valence-electron chi connectivity index (χ4n) is 5.15. The lowest BCUT2D eigenvalue weighted by atomic mass is 10.0. The smallest absolute Gasteiger partial charge is 0.239 e. The van der Waals surface area contributed by atoms with E-state index in [1.54, 1.807) is 0 Å². The highest BCUT2D eigenvalue weighted by molar-refractivity contribution is 5.86. The van der Waals surface area contributed by atoms with Crippen LogP contribution in [0.15, 0.2) is 24.3 Å². The van der Waals surface area contributed by atoms with Crippen molar-refractivity contribution < 1.29 is 9.59 Å². The Labute approximate surface area is 249 Å². The summed E-state index contributed by atoms with van der Waals surface area (Å²) < 4.78 is 0. The molecule has 0 fully saturated rings. The quantitative estimate of drug-likeness (QED) is 0.0653. The molecule has 0 aliphatic rings. The molecular formula is C36H68N2O2. The molecule has 1 unspecified atom stereocenters. The van der Waals surface area contributed by atoms with Crippen LogP contribution in [0.1, 0.15) is 187 Å². The van der Waals surface area contributed by atoms with Crippen LogP contribution in [0.2, 0.25) is 0 Å². The van der Waals surface area contributed by atoms with E-state index >= 15 is 0 Å². The number of nitrogens with one attached hydrogen (secondary N) is 1. The molecule has 0 bridgehead atoms. The molecule has 40 heavy (non-hydrogen) atoms. The van der Waals surface area contributed by atoms with Gasteiger partial charge in [-0.2, -0.15) is 0 Å². The molecule has 0 aliphatic carbocycles. The van der Waals surface area contributed by atoms with Crippen LogP contribution in [0.3, 0.4) is 0 Å². The van der Waals surface area contributed by atoms with Gasteiger partial charge in [-0.3, -0.25) is 9.59 Å². The standard InChI is InChI=1S/C36H68N2O2/c1-3-5-7-9-11-13-15-17-19-21-23-25-27-29-31-33-35(39)38-34(36(37)40)32-30-28-26-24-22-20-18-16-14-12-10-8-6-4-2/h17-20,34H,3-16,21-33H2,1-2H3,(H2,37,40)(H,38,39)/b19-17-,20-18-. The maximum atomic E-state index is 12.3. The van der Waals surface area contributed by atoms with E-state index in [0.29, 0.717) is 12.8 Å². The summed E-state index contributed by atoms with van der Waals surface area (Å²) >= 11 is 0. The van der Waals surface area contributed by atoms with Gasteiger partial charge in [0.2, 0.25) is 11.8 Å². The van der Waals surface area contributed by atoms with Crippen molar-refractivity contribution >= 4 is 11.8 Å². The Kier molecular flexibility index (Phi) is 30.7. The summed E-state index contributed by atoms with van der Waals surface area (Å²) in [7, 11) is 0. The van der Waals surface area contributed by atoms with Crippen LogP contribution >= 0.6 is 0 Å². The summed E-state index contributed by atoms with van der Waals surface area (Å²) in [6.07, 6.45) is 41.6. The minimum absolute atomic E-state index is 0.0306. The predicted molar refractivity (Wildman–Crippen MR) is 175 cm³/mol. The lowest BCUT2D eigenvalue weighted by molar-refractivity contribution is -0.127. The number of rotatable bonds is 31. The van der Waals surface area contributed by atoms with E-state index < -0.39 is 11.9 Å². The van der Waals surface area contributed by atoms with E-state index in [2.05, 4.69) is 43.5 Å². The van der Waals surface area contributed by atoms with E-state index in [4.69, 9.17) is 5.73 Å². The number of primary amides is 1. The van der Waals surface area contributed by atoms with Crippen molar-refractivity contribution in [1.82, 2.24) is 5.32 Å². The Balaban J connectivity index is 3.62. The molecule has 2 amide bonds. The van der Waals surface area contributed by atoms with Crippen molar-refractivity contribution in [2.24, 2.45) is 5.73 Å². The molecule has 4 nitrogen and oxygen atoms in total. The third kappa shape index (κ3) is 29.4. The van der Waals surface area contributed by atoms with Crippen LogP contribution in [0.5, 0.6) is 0 Å². The van der Waals surface area contributed by atoms with E-state index in [-0.39, 0.29) is 5.91 Å². The van der Waals surface area contributed by atoms with Crippen LogP contribution in [0, 0.1) is 0 Å². The van der Waals surface area contributed by atoms with Gasteiger partial charge < -0.3 is 11.1 Å². The van der Waals surface area contributed by atoms with Crippen molar-refractivity contribution in [2.45, 2.75) is 193 Å². The zero-order valence-corrected chi connectivity index (χ0v) is 26.9. The number of unbranched alkanes of at least 4 members (excludes halogenated alkanes) is 21. The van der Waals surface area contributed by atoms with Gasteiger partial charge in [0, 0.05) is 6.42 Å². The highest BCUT2D eigenvalue weighted by atomic mass is 16.2. The molecule has 3 N–H and O–H groups in total. The van der Waals surface area contributed by atoms with Gasteiger partial charge in [-0.15, -0.1) is 0 Å². The maximum Gasteiger partial charge on any atom is 0.239 e. The first kappa shape index (κ1) is 38.4. The van der Waals surface area contributed by atoms with Gasteiger partial charge in [-0.1, -0.05) is 141 Å². The summed E-state index contributed by atoms with van der Waals surface area (Å²) in [5, 5.41) is 2.88. The average molecular weight is 561 g/mol. The number of carbonyl (C=O) groups excluding carboxylic acids is 2. The summed E-state index contributed by atoms with van der Waals surface area (Å²) in [5.74, 6) is -0.438. The Morgan fingerprint density at radius 3 is 1.27 bits per heavy atom. The van der Waals surface area contributed by atoms with Crippen LogP contribution < -0.4 is 11.1 Å². The predicted octanol–water partition coefficient (Wildman–Crippen LogP) is 10.6.